The van der Waals surface area contributed by atoms with E-state index in [0.29, 0.717) is 11.8 Å². The maximum atomic E-state index is 10.3. The summed E-state index contributed by atoms with van der Waals surface area (Å²) >= 11 is 0. The molecule has 0 spiro atoms. The van der Waals surface area contributed by atoms with Gasteiger partial charge in [0.25, 0.3) is 0 Å². The smallest absolute Gasteiger partial charge is 0.303 e. The summed E-state index contributed by atoms with van der Waals surface area (Å²) in [5.74, 6) is -0.689. The highest BCUT2D eigenvalue weighted by molar-refractivity contribution is 5.66. The van der Waals surface area contributed by atoms with E-state index in [4.69, 9.17) is 5.11 Å². The van der Waals surface area contributed by atoms with Crippen LogP contribution >= 0.6 is 0 Å². The van der Waals surface area contributed by atoms with Gasteiger partial charge >= 0.3 is 5.97 Å². The zero-order chi connectivity index (χ0) is 13.5. The van der Waals surface area contributed by atoms with E-state index in [9.17, 15) is 4.79 Å². The summed E-state index contributed by atoms with van der Waals surface area (Å²) in [4.78, 5) is 10.3. The Hall–Kier alpha value is -0.570. The zero-order valence-electron chi connectivity index (χ0n) is 12.1. The molecular weight excluding hydrogens is 214 g/mol. The molecule has 2 N–H and O–H groups in total. The lowest BCUT2D eigenvalue weighted by atomic mass is 9.82. The normalized spacial score (nSPS) is 12.8. The maximum Gasteiger partial charge on any atom is 0.303 e. The van der Waals surface area contributed by atoms with Crippen molar-refractivity contribution >= 4 is 5.97 Å². The molecule has 102 valence electrons. The zero-order valence-corrected chi connectivity index (χ0v) is 12.1. The van der Waals surface area contributed by atoms with E-state index in [1.165, 1.54) is 0 Å². The van der Waals surface area contributed by atoms with Crippen molar-refractivity contribution < 1.29 is 9.90 Å². The van der Waals surface area contributed by atoms with Gasteiger partial charge in [0.05, 0.1) is 0 Å². The SMILES string of the molecule is CC(C)(C)CC(C)(C)NCCCCCC(=O)O. The fourth-order valence-corrected chi connectivity index (χ4v) is 2.39. The first-order valence-electron chi connectivity index (χ1n) is 6.59. The summed E-state index contributed by atoms with van der Waals surface area (Å²) in [5.41, 5.74) is 0.491. The van der Waals surface area contributed by atoms with Crippen molar-refractivity contribution in [2.24, 2.45) is 5.41 Å². The van der Waals surface area contributed by atoms with Gasteiger partial charge in [-0.3, -0.25) is 4.79 Å². The monoisotopic (exact) mass is 243 g/mol. The minimum atomic E-state index is -0.689. The van der Waals surface area contributed by atoms with Crippen LogP contribution in [0.3, 0.4) is 0 Å². The second-order valence-electron chi connectivity index (χ2n) is 6.75. The minimum absolute atomic E-state index is 0.158. The van der Waals surface area contributed by atoms with Gasteiger partial charge in [-0.2, -0.15) is 0 Å². The Morgan fingerprint density at radius 1 is 1.06 bits per heavy atom. The van der Waals surface area contributed by atoms with Crippen LogP contribution in [-0.2, 0) is 4.79 Å². The van der Waals surface area contributed by atoms with E-state index in [1.54, 1.807) is 0 Å². The molecule has 3 heteroatoms. The third kappa shape index (κ3) is 11.7. The van der Waals surface area contributed by atoms with Gasteiger partial charge in [0.2, 0.25) is 0 Å². The van der Waals surface area contributed by atoms with E-state index in [2.05, 4.69) is 39.9 Å². The predicted molar refractivity (Wildman–Crippen MR) is 72.3 cm³/mol. The molecule has 0 heterocycles. The number of carboxylic acid groups (broad SMARTS) is 1. The van der Waals surface area contributed by atoms with Gasteiger partial charge in [-0.1, -0.05) is 27.2 Å². The van der Waals surface area contributed by atoms with E-state index < -0.39 is 5.97 Å². The molecule has 17 heavy (non-hydrogen) atoms. The van der Waals surface area contributed by atoms with Gasteiger partial charge in [0, 0.05) is 12.0 Å². The van der Waals surface area contributed by atoms with Crippen molar-refractivity contribution in [2.75, 3.05) is 6.54 Å². The molecule has 0 amide bonds. The van der Waals surface area contributed by atoms with Crippen molar-refractivity contribution in [3.63, 3.8) is 0 Å². The van der Waals surface area contributed by atoms with Crippen LogP contribution in [0.4, 0.5) is 0 Å². The highest BCUT2D eigenvalue weighted by Crippen LogP contribution is 2.26. The van der Waals surface area contributed by atoms with E-state index in [-0.39, 0.29) is 5.54 Å². The number of unbranched alkanes of at least 4 members (excludes halogenated alkanes) is 2. The number of carbonyl (C=O) groups is 1. The molecule has 3 nitrogen and oxygen atoms in total. The number of hydrogen-bond donors (Lipinski definition) is 2. The Bertz CT molecular complexity index is 229. The molecule has 0 radical (unpaired) electrons. The first-order chi connectivity index (χ1) is 7.62. The van der Waals surface area contributed by atoms with Gasteiger partial charge in [-0.05, 0) is 45.1 Å². The molecule has 0 aromatic heterocycles. The molecule has 0 fully saturated rings. The van der Waals surface area contributed by atoms with E-state index in [1.807, 2.05) is 0 Å². The van der Waals surface area contributed by atoms with Gasteiger partial charge < -0.3 is 10.4 Å². The maximum absolute atomic E-state index is 10.3. The van der Waals surface area contributed by atoms with Crippen molar-refractivity contribution in [1.82, 2.24) is 5.32 Å². The molecular formula is C14H29NO2. The van der Waals surface area contributed by atoms with E-state index in [0.717, 1.165) is 32.2 Å². The molecule has 0 bridgehead atoms. The van der Waals surface area contributed by atoms with E-state index >= 15 is 0 Å². The number of hydrogen-bond acceptors (Lipinski definition) is 2. The number of rotatable bonds is 8. The van der Waals surface area contributed by atoms with Crippen molar-refractivity contribution in [3.8, 4) is 0 Å². The van der Waals surface area contributed by atoms with Gasteiger partial charge in [-0.25, -0.2) is 0 Å². The Morgan fingerprint density at radius 2 is 1.65 bits per heavy atom. The average Bonchev–Trinajstić information content (AvgIpc) is 2.06. The lowest BCUT2D eigenvalue weighted by Gasteiger charge is -2.33. The topological polar surface area (TPSA) is 49.3 Å². The largest absolute Gasteiger partial charge is 0.481 e. The highest BCUT2D eigenvalue weighted by Gasteiger charge is 2.24. The van der Waals surface area contributed by atoms with Crippen molar-refractivity contribution in [1.29, 1.82) is 0 Å². The van der Waals surface area contributed by atoms with Gasteiger partial charge in [0.1, 0.15) is 0 Å². The van der Waals surface area contributed by atoms with Gasteiger partial charge in [0.15, 0.2) is 0 Å². The fourth-order valence-electron chi connectivity index (χ4n) is 2.39. The molecule has 0 aromatic carbocycles. The summed E-state index contributed by atoms with van der Waals surface area (Å²) in [6, 6.07) is 0. The summed E-state index contributed by atoms with van der Waals surface area (Å²) in [6.07, 6.45) is 4.27. The fraction of sp³-hybridized carbons (Fsp3) is 0.929. The third-order valence-electron chi connectivity index (χ3n) is 2.64. The second-order valence-corrected chi connectivity index (χ2v) is 6.75. The third-order valence-corrected chi connectivity index (χ3v) is 2.64. The van der Waals surface area contributed by atoms with Crippen LogP contribution in [-0.4, -0.2) is 23.2 Å². The Kier molecular flexibility index (Phi) is 6.76. The Balaban J connectivity index is 3.62. The van der Waals surface area contributed by atoms with Crippen LogP contribution < -0.4 is 5.32 Å². The minimum Gasteiger partial charge on any atom is -0.481 e. The molecule has 0 aliphatic carbocycles. The summed E-state index contributed by atoms with van der Waals surface area (Å²) < 4.78 is 0. The van der Waals surface area contributed by atoms with Crippen LogP contribution in [0.25, 0.3) is 0 Å². The van der Waals surface area contributed by atoms with Crippen LogP contribution in [0.2, 0.25) is 0 Å². The van der Waals surface area contributed by atoms with Crippen LogP contribution in [0.1, 0.15) is 66.7 Å². The Labute approximate surface area is 106 Å². The second kappa shape index (κ2) is 7.00. The standard InChI is InChI=1S/C14H29NO2/c1-13(2,3)11-14(4,5)15-10-8-6-7-9-12(16)17/h15H,6-11H2,1-5H3,(H,16,17). The summed E-state index contributed by atoms with van der Waals surface area (Å²) in [5, 5.41) is 12.1. The number of aliphatic carboxylic acids is 1. The van der Waals surface area contributed by atoms with Gasteiger partial charge in [-0.15, -0.1) is 0 Å². The predicted octanol–water partition coefficient (Wildman–Crippen LogP) is 3.44. The molecule has 0 aliphatic heterocycles. The molecule has 0 aliphatic rings. The quantitative estimate of drug-likeness (QED) is 0.642. The first-order valence-corrected chi connectivity index (χ1v) is 6.59. The van der Waals surface area contributed by atoms with Crippen molar-refractivity contribution in [2.45, 2.75) is 72.3 Å². The summed E-state index contributed by atoms with van der Waals surface area (Å²) in [6.45, 7) is 12.2. The molecule has 0 unspecified atom stereocenters. The molecule has 0 saturated heterocycles. The molecule has 0 saturated carbocycles. The average molecular weight is 243 g/mol. The molecule has 0 aromatic rings. The Morgan fingerprint density at radius 3 is 2.12 bits per heavy atom. The highest BCUT2D eigenvalue weighted by atomic mass is 16.4. The lowest BCUT2D eigenvalue weighted by molar-refractivity contribution is -0.137. The number of nitrogens with one attached hydrogen (secondary N) is 1. The lowest BCUT2D eigenvalue weighted by Crippen LogP contribution is -2.42. The van der Waals surface area contributed by atoms with Crippen LogP contribution in [0.15, 0.2) is 0 Å². The van der Waals surface area contributed by atoms with Crippen LogP contribution in [0.5, 0.6) is 0 Å². The van der Waals surface area contributed by atoms with Crippen LogP contribution in [0, 0.1) is 5.41 Å². The first kappa shape index (κ1) is 16.4. The molecule has 0 rings (SSSR count). The summed E-state index contributed by atoms with van der Waals surface area (Å²) in [7, 11) is 0. The molecule has 0 atom stereocenters. The number of carboxylic acids is 1. The van der Waals surface area contributed by atoms with Crippen molar-refractivity contribution in [3.05, 3.63) is 0 Å².